The molecule has 5 nitrogen and oxygen atoms in total. The van der Waals surface area contributed by atoms with Gasteiger partial charge in [0, 0.05) is 38.7 Å². The van der Waals surface area contributed by atoms with Crippen LogP contribution in [0, 0.1) is 0 Å². The van der Waals surface area contributed by atoms with E-state index in [9.17, 15) is 13.6 Å². The van der Waals surface area contributed by atoms with Crippen molar-refractivity contribution in [1.29, 1.82) is 0 Å². The van der Waals surface area contributed by atoms with Crippen LogP contribution in [0.15, 0.2) is 18.2 Å². The number of rotatable bonds is 2. The van der Waals surface area contributed by atoms with Gasteiger partial charge in [0.15, 0.2) is 0 Å². The summed E-state index contributed by atoms with van der Waals surface area (Å²) in [5.74, 6) is -2.91. The summed E-state index contributed by atoms with van der Waals surface area (Å²) in [5, 5.41) is 0. The summed E-state index contributed by atoms with van der Waals surface area (Å²) in [4.78, 5) is 15.7. The van der Waals surface area contributed by atoms with E-state index in [4.69, 9.17) is 10.5 Å². The maximum Gasteiger partial charge on any atom is 0.410 e. The first kappa shape index (κ1) is 18.3. The molecule has 0 aromatic heterocycles. The molecule has 1 aliphatic heterocycles. The summed E-state index contributed by atoms with van der Waals surface area (Å²) in [6.07, 6.45) is -0.337. The third-order valence-electron chi connectivity index (χ3n) is 3.81. The zero-order chi connectivity index (χ0) is 18.1. The van der Waals surface area contributed by atoms with Gasteiger partial charge in [-0.1, -0.05) is 6.07 Å². The fourth-order valence-electron chi connectivity index (χ4n) is 2.57. The number of hydrogen-bond donors (Lipinski definition) is 1. The Kier molecular flexibility index (Phi) is 4.92. The summed E-state index contributed by atoms with van der Waals surface area (Å²) in [7, 11) is 0. The number of nitrogens with zero attached hydrogens (tertiary/aromatic N) is 2. The molecule has 0 unspecified atom stereocenters. The van der Waals surface area contributed by atoms with Crippen molar-refractivity contribution in [2.45, 2.75) is 39.2 Å². The molecule has 0 atom stereocenters. The number of ether oxygens (including phenoxy) is 1. The highest BCUT2D eigenvalue weighted by atomic mass is 19.3. The number of amides is 1. The molecule has 1 aromatic rings. The van der Waals surface area contributed by atoms with Crippen molar-refractivity contribution in [1.82, 2.24) is 4.90 Å². The van der Waals surface area contributed by atoms with Crippen LogP contribution in [0.25, 0.3) is 0 Å². The second-order valence-corrected chi connectivity index (χ2v) is 7.12. The predicted octanol–water partition coefficient (Wildman–Crippen LogP) is 3.44. The van der Waals surface area contributed by atoms with Crippen LogP contribution in [0.1, 0.15) is 33.3 Å². The summed E-state index contributed by atoms with van der Waals surface area (Å²) in [5.41, 5.74) is 6.35. The molecule has 1 aliphatic rings. The Bertz CT molecular complexity index is 601. The Morgan fingerprint density at radius 3 is 2.17 bits per heavy atom. The number of benzene rings is 1. The highest BCUT2D eigenvalue weighted by Gasteiger charge is 2.28. The van der Waals surface area contributed by atoms with Crippen LogP contribution in [0.2, 0.25) is 0 Å². The topological polar surface area (TPSA) is 58.8 Å². The Balaban J connectivity index is 2.01. The molecule has 24 heavy (non-hydrogen) atoms. The number of piperazine rings is 1. The number of carbonyl (C=O) groups is 1. The number of nitrogen functional groups attached to an aromatic ring is 1. The van der Waals surface area contributed by atoms with Crippen LogP contribution < -0.4 is 10.6 Å². The average Bonchev–Trinajstić information content (AvgIpc) is 2.44. The van der Waals surface area contributed by atoms with Gasteiger partial charge in [-0.25, -0.2) is 13.6 Å². The van der Waals surface area contributed by atoms with E-state index < -0.39 is 11.5 Å². The second kappa shape index (κ2) is 6.45. The largest absolute Gasteiger partial charge is 0.444 e. The molecule has 1 fully saturated rings. The maximum atomic E-state index is 13.4. The lowest BCUT2D eigenvalue weighted by Crippen LogP contribution is -2.50. The number of carbonyl (C=O) groups excluding carboxylic acids is 1. The Morgan fingerprint density at radius 1 is 1.12 bits per heavy atom. The van der Waals surface area contributed by atoms with Gasteiger partial charge in [-0.15, -0.1) is 0 Å². The Morgan fingerprint density at radius 2 is 1.71 bits per heavy atom. The SMILES string of the molecule is CC(C)(C)OC(=O)N1CCN(c2ccc(C(C)(F)F)cc2N)CC1. The van der Waals surface area contributed by atoms with E-state index >= 15 is 0 Å². The first-order valence-electron chi connectivity index (χ1n) is 7.98. The van der Waals surface area contributed by atoms with Gasteiger partial charge in [-0.2, -0.15) is 0 Å². The van der Waals surface area contributed by atoms with Crippen LogP contribution >= 0.6 is 0 Å². The standard InChI is InChI=1S/C17H25F2N3O2/c1-16(2,3)24-15(23)22-9-7-21(8-10-22)14-6-5-12(11-13(14)20)17(4,18)19/h5-6,11H,7-10,20H2,1-4H3. The number of nitrogens with two attached hydrogens (primary N) is 1. The third-order valence-corrected chi connectivity index (χ3v) is 3.81. The molecule has 1 heterocycles. The van der Waals surface area contributed by atoms with Crippen molar-refractivity contribution in [2.24, 2.45) is 0 Å². The quantitative estimate of drug-likeness (QED) is 0.837. The highest BCUT2D eigenvalue weighted by molar-refractivity contribution is 5.71. The lowest BCUT2D eigenvalue weighted by molar-refractivity contribution is 0.0173. The predicted molar refractivity (Wildman–Crippen MR) is 90.4 cm³/mol. The van der Waals surface area contributed by atoms with Gasteiger partial charge in [0.05, 0.1) is 11.4 Å². The molecule has 2 N–H and O–H groups in total. The smallest absolute Gasteiger partial charge is 0.410 e. The lowest BCUT2D eigenvalue weighted by Gasteiger charge is -2.37. The molecule has 7 heteroatoms. The van der Waals surface area contributed by atoms with Gasteiger partial charge in [-0.3, -0.25) is 0 Å². The van der Waals surface area contributed by atoms with E-state index in [-0.39, 0.29) is 11.7 Å². The van der Waals surface area contributed by atoms with E-state index in [0.29, 0.717) is 37.6 Å². The van der Waals surface area contributed by atoms with Crippen LogP contribution in [-0.2, 0) is 10.7 Å². The normalized spacial score (nSPS) is 16.2. The van der Waals surface area contributed by atoms with Crippen molar-refractivity contribution in [3.05, 3.63) is 23.8 Å². The molecule has 0 bridgehead atoms. The van der Waals surface area contributed by atoms with E-state index in [1.165, 1.54) is 12.1 Å². The van der Waals surface area contributed by atoms with E-state index in [0.717, 1.165) is 6.92 Å². The maximum absolute atomic E-state index is 13.4. The van der Waals surface area contributed by atoms with E-state index in [1.807, 2.05) is 25.7 Å². The fourth-order valence-corrected chi connectivity index (χ4v) is 2.57. The molecule has 0 spiro atoms. The minimum absolute atomic E-state index is 0.101. The van der Waals surface area contributed by atoms with Crippen LogP contribution in [0.5, 0.6) is 0 Å². The van der Waals surface area contributed by atoms with Gasteiger partial charge in [0.25, 0.3) is 5.92 Å². The number of anilines is 2. The molecule has 0 radical (unpaired) electrons. The fraction of sp³-hybridized carbons (Fsp3) is 0.588. The van der Waals surface area contributed by atoms with Crippen LogP contribution in [0.4, 0.5) is 25.0 Å². The van der Waals surface area contributed by atoms with Gasteiger partial charge < -0.3 is 20.3 Å². The third kappa shape index (κ3) is 4.49. The first-order valence-corrected chi connectivity index (χ1v) is 7.98. The molecule has 0 saturated carbocycles. The number of alkyl halides is 2. The highest BCUT2D eigenvalue weighted by Crippen LogP contribution is 2.33. The van der Waals surface area contributed by atoms with Gasteiger partial charge >= 0.3 is 6.09 Å². The molecule has 2 rings (SSSR count). The molecule has 1 amide bonds. The minimum Gasteiger partial charge on any atom is -0.444 e. The van der Waals surface area contributed by atoms with Crippen molar-refractivity contribution in [3.63, 3.8) is 0 Å². The first-order chi connectivity index (χ1) is 11.0. The molecule has 134 valence electrons. The van der Waals surface area contributed by atoms with Crippen LogP contribution in [0.3, 0.4) is 0 Å². The lowest BCUT2D eigenvalue weighted by atomic mass is 10.1. The summed E-state index contributed by atoms with van der Waals surface area (Å²) >= 11 is 0. The molecule has 1 aromatic carbocycles. The van der Waals surface area contributed by atoms with Crippen molar-refractivity contribution in [2.75, 3.05) is 36.8 Å². The molecule has 1 saturated heterocycles. The molecular weight excluding hydrogens is 316 g/mol. The van der Waals surface area contributed by atoms with E-state index in [2.05, 4.69) is 0 Å². The number of halogens is 2. The van der Waals surface area contributed by atoms with Crippen molar-refractivity contribution in [3.8, 4) is 0 Å². The second-order valence-electron chi connectivity index (χ2n) is 7.12. The van der Waals surface area contributed by atoms with Crippen molar-refractivity contribution < 1.29 is 18.3 Å². The van der Waals surface area contributed by atoms with E-state index in [1.54, 1.807) is 11.0 Å². The number of hydrogen-bond acceptors (Lipinski definition) is 4. The van der Waals surface area contributed by atoms with Gasteiger partial charge in [0.1, 0.15) is 5.60 Å². The van der Waals surface area contributed by atoms with Crippen LogP contribution in [-0.4, -0.2) is 42.8 Å². The zero-order valence-corrected chi connectivity index (χ0v) is 14.6. The summed E-state index contributed by atoms with van der Waals surface area (Å²) < 4.78 is 32.1. The zero-order valence-electron chi connectivity index (χ0n) is 14.6. The monoisotopic (exact) mass is 341 g/mol. The van der Waals surface area contributed by atoms with Gasteiger partial charge in [-0.05, 0) is 32.9 Å². The average molecular weight is 341 g/mol. The molecular formula is C17H25F2N3O2. The van der Waals surface area contributed by atoms with Crippen molar-refractivity contribution >= 4 is 17.5 Å². The molecule has 0 aliphatic carbocycles. The Labute approximate surface area is 141 Å². The minimum atomic E-state index is -2.91. The summed E-state index contributed by atoms with van der Waals surface area (Å²) in [6.45, 7) is 8.48. The van der Waals surface area contributed by atoms with Gasteiger partial charge in [0.2, 0.25) is 0 Å². The Hall–Kier alpha value is -2.05. The summed E-state index contributed by atoms with van der Waals surface area (Å²) in [6, 6.07) is 4.33.